The van der Waals surface area contributed by atoms with Crippen molar-refractivity contribution in [3.63, 3.8) is 0 Å². The quantitative estimate of drug-likeness (QED) is 0.865. The second kappa shape index (κ2) is 6.03. The maximum atomic E-state index is 5.86. The zero-order chi connectivity index (χ0) is 13.0. The van der Waals surface area contributed by atoms with Crippen LogP contribution in [0.2, 0.25) is 0 Å². The van der Waals surface area contributed by atoms with Gasteiger partial charge in [0.2, 0.25) is 0 Å². The maximum absolute atomic E-state index is 5.86. The van der Waals surface area contributed by atoms with E-state index in [9.17, 15) is 0 Å². The molecule has 0 spiro atoms. The number of nitrogen functional groups attached to an aromatic ring is 1. The molecule has 0 atom stereocenters. The fourth-order valence-corrected chi connectivity index (χ4v) is 1.98. The Morgan fingerprint density at radius 1 is 1.06 bits per heavy atom. The lowest BCUT2D eigenvalue weighted by Gasteiger charge is -2.09. The summed E-state index contributed by atoms with van der Waals surface area (Å²) in [5.41, 5.74) is 10.1. The molecule has 0 saturated heterocycles. The van der Waals surface area contributed by atoms with Crippen LogP contribution in [0.15, 0.2) is 46.9 Å². The molecular formula is C15H16BrNO. The first kappa shape index (κ1) is 13.1. The van der Waals surface area contributed by atoms with Crippen molar-refractivity contribution in [2.24, 2.45) is 0 Å². The van der Waals surface area contributed by atoms with Gasteiger partial charge in [0.25, 0.3) is 0 Å². The second-order valence-electron chi connectivity index (χ2n) is 4.25. The van der Waals surface area contributed by atoms with Crippen molar-refractivity contribution in [3.05, 3.63) is 63.6 Å². The monoisotopic (exact) mass is 305 g/mol. The van der Waals surface area contributed by atoms with E-state index >= 15 is 0 Å². The smallest absolute Gasteiger partial charge is 0.0724 e. The lowest BCUT2D eigenvalue weighted by Crippen LogP contribution is -1.99. The lowest BCUT2D eigenvalue weighted by molar-refractivity contribution is 0.107. The molecule has 0 unspecified atom stereocenters. The third-order valence-corrected chi connectivity index (χ3v) is 3.46. The molecule has 0 fully saturated rings. The van der Waals surface area contributed by atoms with Crippen molar-refractivity contribution >= 4 is 21.6 Å². The average molecular weight is 306 g/mol. The Morgan fingerprint density at radius 2 is 1.78 bits per heavy atom. The third-order valence-electron chi connectivity index (χ3n) is 2.93. The van der Waals surface area contributed by atoms with Gasteiger partial charge in [0.1, 0.15) is 0 Å². The van der Waals surface area contributed by atoms with Gasteiger partial charge < -0.3 is 10.5 Å². The first-order chi connectivity index (χ1) is 8.66. The van der Waals surface area contributed by atoms with Crippen molar-refractivity contribution in [1.29, 1.82) is 0 Å². The van der Waals surface area contributed by atoms with Gasteiger partial charge >= 0.3 is 0 Å². The first-order valence-electron chi connectivity index (χ1n) is 5.83. The average Bonchev–Trinajstić information content (AvgIpc) is 2.37. The molecule has 2 nitrogen and oxygen atoms in total. The van der Waals surface area contributed by atoms with Gasteiger partial charge in [-0.3, -0.25) is 0 Å². The molecular weight excluding hydrogens is 290 g/mol. The number of rotatable bonds is 4. The van der Waals surface area contributed by atoms with E-state index in [1.54, 1.807) is 0 Å². The van der Waals surface area contributed by atoms with Crippen LogP contribution in [-0.4, -0.2) is 0 Å². The third kappa shape index (κ3) is 3.34. The van der Waals surface area contributed by atoms with Gasteiger partial charge in [0.05, 0.1) is 13.2 Å². The molecule has 3 heteroatoms. The minimum atomic E-state index is 0.590. The molecule has 18 heavy (non-hydrogen) atoms. The van der Waals surface area contributed by atoms with Gasteiger partial charge in [0.15, 0.2) is 0 Å². The van der Waals surface area contributed by atoms with E-state index in [4.69, 9.17) is 10.5 Å². The molecule has 0 aromatic heterocycles. The molecule has 2 aromatic carbocycles. The van der Waals surface area contributed by atoms with Crippen LogP contribution in [0.4, 0.5) is 5.69 Å². The minimum absolute atomic E-state index is 0.590. The predicted octanol–water partition coefficient (Wildman–Crippen LogP) is 4.06. The highest BCUT2D eigenvalue weighted by Crippen LogP contribution is 2.17. The van der Waals surface area contributed by atoms with Gasteiger partial charge in [-0.15, -0.1) is 0 Å². The van der Waals surface area contributed by atoms with Gasteiger partial charge in [-0.05, 0) is 41.8 Å². The summed E-state index contributed by atoms with van der Waals surface area (Å²) in [5.74, 6) is 0. The number of benzene rings is 2. The van der Waals surface area contributed by atoms with Crippen LogP contribution in [-0.2, 0) is 18.0 Å². The Morgan fingerprint density at radius 3 is 2.50 bits per heavy atom. The van der Waals surface area contributed by atoms with E-state index in [-0.39, 0.29) is 0 Å². The number of ether oxygens (including phenoxy) is 1. The Hall–Kier alpha value is -1.32. The SMILES string of the molecule is Cc1c(N)cccc1COCc1ccc(Br)cc1. The minimum Gasteiger partial charge on any atom is -0.399 e. The summed E-state index contributed by atoms with van der Waals surface area (Å²) in [6.07, 6.45) is 0. The lowest BCUT2D eigenvalue weighted by atomic mass is 10.1. The van der Waals surface area contributed by atoms with E-state index in [1.165, 1.54) is 5.56 Å². The van der Waals surface area contributed by atoms with Gasteiger partial charge in [0, 0.05) is 10.2 Å². The molecule has 0 aliphatic carbocycles. The van der Waals surface area contributed by atoms with Crippen LogP contribution in [0, 0.1) is 6.92 Å². The van der Waals surface area contributed by atoms with Crippen molar-refractivity contribution in [2.75, 3.05) is 5.73 Å². The Balaban J connectivity index is 1.92. The molecule has 0 amide bonds. The van der Waals surface area contributed by atoms with Crippen molar-refractivity contribution in [1.82, 2.24) is 0 Å². The molecule has 0 aliphatic heterocycles. The van der Waals surface area contributed by atoms with E-state index in [1.807, 2.05) is 37.3 Å². The van der Waals surface area contributed by atoms with Gasteiger partial charge in [-0.1, -0.05) is 40.2 Å². The van der Waals surface area contributed by atoms with Crippen molar-refractivity contribution in [2.45, 2.75) is 20.1 Å². The highest BCUT2D eigenvalue weighted by Gasteiger charge is 2.01. The molecule has 0 radical (unpaired) electrons. The summed E-state index contributed by atoms with van der Waals surface area (Å²) in [4.78, 5) is 0. The number of anilines is 1. The molecule has 2 rings (SSSR count). The standard InChI is InChI=1S/C15H16BrNO/c1-11-13(3-2-4-15(11)17)10-18-9-12-5-7-14(16)8-6-12/h2-8H,9-10,17H2,1H3. The zero-order valence-corrected chi connectivity index (χ0v) is 11.9. The summed E-state index contributed by atoms with van der Waals surface area (Å²) >= 11 is 3.41. The molecule has 94 valence electrons. The predicted molar refractivity (Wildman–Crippen MR) is 78.2 cm³/mol. The van der Waals surface area contributed by atoms with Crippen molar-refractivity contribution < 1.29 is 4.74 Å². The normalized spacial score (nSPS) is 10.6. The Labute approximate surface area is 116 Å². The second-order valence-corrected chi connectivity index (χ2v) is 5.17. The highest BCUT2D eigenvalue weighted by atomic mass is 79.9. The summed E-state index contributed by atoms with van der Waals surface area (Å²) in [6.45, 7) is 3.22. The van der Waals surface area contributed by atoms with Crippen LogP contribution < -0.4 is 5.73 Å². The van der Waals surface area contributed by atoms with E-state index in [0.29, 0.717) is 13.2 Å². The molecule has 2 N–H and O–H groups in total. The first-order valence-corrected chi connectivity index (χ1v) is 6.62. The summed E-state index contributed by atoms with van der Waals surface area (Å²) in [5, 5.41) is 0. The van der Waals surface area contributed by atoms with Crippen LogP contribution in [0.5, 0.6) is 0 Å². The topological polar surface area (TPSA) is 35.2 Å². The summed E-state index contributed by atoms with van der Waals surface area (Å²) in [6, 6.07) is 14.1. The summed E-state index contributed by atoms with van der Waals surface area (Å²) < 4.78 is 6.79. The highest BCUT2D eigenvalue weighted by molar-refractivity contribution is 9.10. The Bertz CT molecular complexity index is 523. The molecule has 2 aromatic rings. The number of halogens is 1. The van der Waals surface area contributed by atoms with E-state index < -0.39 is 0 Å². The van der Waals surface area contributed by atoms with Crippen molar-refractivity contribution in [3.8, 4) is 0 Å². The van der Waals surface area contributed by atoms with Crippen LogP contribution in [0.25, 0.3) is 0 Å². The maximum Gasteiger partial charge on any atom is 0.0724 e. The fourth-order valence-electron chi connectivity index (χ4n) is 1.72. The Kier molecular flexibility index (Phi) is 4.39. The van der Waals surface area contributed by atoms with E-state index in [0.717, 1.165) is 21.3 Å². The van der Waals surface area contributed by atoms with Crippen LogP contribution >= 0.6 is 15.9 Å². The molecule has 0 aliphatic rings. The molecule has 0 heterocycles. The summed E-state index contributed by atoms with van der Waals surface area (Å²) in [7, 11) is 0. The van der Waals surface area contributed by atoms with Gasteiger partial charge in [-0.25, -0.2) is 0 Å². The molecule has 0 bridgehead atoms. The number of hydrogen-bond donors (Lipinski definition) is 1. The number of hydrogen-bond acceptors (Lipinski definition) is 2. The van der Waals surface area contributed by atoms with Gasteiger partial charge in [-0.2, -0.15) is 0 Å². The zero-order valence-electron chi connectivity index (χ0n) is 10.3. The van der Waals surface area contributed by atoms with Crippen LogP contribution in [0.3, 0.4) is 0 Å². The molecule has 0 saturated carbocycles. The van der Waals surface area contributed by atoms with E-state index in [2.05, 4.69) is 28.1 Å². The van der Waals surface area contributed by atoms with Crippen LogP contribution in [0.1, 0.15) is 16.7 Å². The fraction of sp³-hybridized carbons (Fsp3) is 0.200. The number of nitrogens with two attached hydrogens (primary N) is 1. The largest absolute Gasteiger partial charge is 0.399 e.